The summed E-state index contributed by atoms with van der Waals surface area (Å²) in [5.74, 6) is -0.624. The predicted molar refractivity (Wildman–Crippen MR) is 90.5 cm³/mol. The van der Waals surface area contributed by atoms with Crippen molar-refractivity contribution >= 4 is 11.0 Å². The number of para-hydroxylation sites is 2. The molecule has 0 unspecified atom stereocenters. The van der Waals surface area contributed by atoms with Crippen molar-refractivity contribution in [1.82, 2.24) is 14.7 Å². The molecule has 2 heterocycles. The Morgan fingerprint density at radius 2 is 1.77 bits per heavy atom. The van der Waals surface area contributed by atoms with Gasteiger partial charge in [-0.25, -0.2) is 4.98 Å². The maximum atomic E-state index is 13.4. The van der Waals surface area contributed by atoms with Crippen molar-refractivity contribution in [3.8, 4) is 11.3 Å². The van der Waals surface area contributed by atoms with E-state index in [1.54, 1.807) is 30.3 Å². The Morgan fingerprint density at radius 1 is 1.04 bits per heavy atom. The third kappa shape index (κ3) is 2.96. The van der Waals surface area contributed by atoms with Crippen LogP contribution in [-0.2, 0) is 12.7 Å². The van der Waals surface area contributed by atoms with Gasteiger partial charge in [0.2, 0.25) is 5.82 Å². The Hall–Kier alpha value is -3.09. The Morgan fingerprint density at radius 3 is 2.50 bits per heavy atom. The zero-order chi connectivity index (χ0) is 18.3. The molecule has 0 saturated carbocycles. The normalized spacial score (nSPS) is 12.0. The van der Waals surface area contributed by atoms with Gasteiger partial charge in [0.25, 0.3) is 0 Å². The molecule has 4 rings (SSSR count). The van der Waals surface area contributed by atoms with Crippen LogP contribution in [0.3, 0.4) is 0 Å². The second kappa shape index (κ2) is 6.01. The van der Waals surface area contributed by atoms with E-state index in [9.17, 15) is 13.2 Å². The highest BCUT2D eigenvalue weighted by Gasteiger charge is 2.37. The first-order valence-corrected chi connectivity index (χ1v) is 7.97. The van der Waals surface area contributed by atoms with Gasteiger partial charge in [-0.05, 0) is 19.1 Å². The molecule has 0 aliphatic rings. The van der Waals surface area contributed by atoms with Gasteiger partial charge in [-0.3, -0.25) is 0 Å². The van der Waals surface area contributed by atoms with Crippen molar-refractivity contribution in [3.05, 3.63) is 71.7 Å². The second-order valence-electron chi connectivity index (χ2n) is 6.05. The molecule has 0 spiro atoms. The molecule has 0 saturated heterocycles. The first-order valence-electron chi connectivity index (χ1n) is 7.97. The van der Waals surface area contributed by atoms with Crippen LogP contribution in [0.25, 0.3) is 22.3 Å². The monoisotopic (exact) mass is 357 g/mol. The summed E-state index contributed by atoms with van der Waals surface area (Å²) in [7, 11) is 0. The van der Waals surface area contributed by atoms with E-state index < -0.39 is 12.0 Å². The van der Waals surface area contributed by atoms with E-state index in [2.05, 4.69) is 10.1 Å². The Bertz CT molecular complexity index is 1060. The van der Waals surface area contributed by atoms with Gasteiger partial charge in [-0.1, -0.05) is 47.1 Å². The standard InChI is InChI=1S/C19H14F3N3O/c1-12-6-8-13(9-7-12)16-10-14(26-24-16)11-25-17-5-3-2-4-15(17)23-18(25)19(20,21)22/h2-10H,11H2,1H3. The van der Waals surface area contributed by atoms with Crippen LogP contribution < -0.4 is 0 Å². The van der Waals surface area contributed by atoms with Crippen molar-refractivity contribution in [2.24, 2.45) is 0 Å². The van der Waals surface area contributed by atoms with Gasteiger partial charge >= 0.3 is 6.18 Å². The zero-order valence-corrected chi connectivity index (χ0v) is 13.8. The summed E-state index contributed by atoms with van der Waals surface area (Å²) in [5, 5.41) is 3.98. The summed E-state index contributed by atoms with van der Waals surface area (Å²) in [6, 6.07) is 15.8. The number of aryl methyl sites for hydroxylation is 1. The van der Waals surface area contributed by atoms with Crippen molar-refractivity contribution in [2.45, 2.75) is 19.6 Å². The first kappa shape index (κ1) is 16.4. The molecule has 0 bridgehead atoms. The molecule has 0 amide bonds. The summed E-state index contributed by atoms with van der Waals surface area (Å²) >= 11 is 0. The fraction of sp³-hybridized carbons (Fsp3) is 0.158. The molecule has 4 aromatic rings. The van der Waals surface area contributed by atoms with Crippen molar-refractivity contribution in [3.63, 3.8) is 0 Å². The van der Waals surface area contributed by atoms with E-state index in [1.165, 1.54) is 0 Å². The summed E-state index contributed by atoms with van der Waals surface area (Å²) in [6.45, 7) is 1.87. The highest BCUT2D eigenvalue weighted by Crippen LogP contribution is 2.32. The molecule has 7 heteroatoms. The molecule has 4 nitrogen and oxygen atoms in total. The van der Waals surface area contributed by atoms with Crippen LogP contribution in [-0.4, -0.2) is 14.7 Å². The number of alkyl halides is 3. The van der Waals surface area contributed by atoms with Crippen molar-refractivity contribution < 1.29 is 17.7 Å². The third-order valence-electron chi connectivity index (χ3n) is 4.13. The van der Waals surface area contributed by atoms with Crippen LogP contribution in [0.1, 0.15) is 17.1 Å². The number of hydrogen-bond donors (Lipinski definition) is 0. The third-order valence-corrected chi connectivity index (χ3v) is 4.13. The number of aromatic nitrogens is 3. The first-order chi connectivity index (χ1) is 12.4. The second-order valence-corrected chi connectivity index (χ2v) is 6.05. The molecule has 132 valence electrons. The minimum Gasteiger partial charge on any atom is -0.359 e. The number of hydrogen-bond acceptors (Lipinski definition) is 3. The summed E-state index contributed by atoms with van der Waals surface area (Å²) in [4.78, 5) is 3.73. The molecule has 2 aromatic carbocycles. The van der Waals surface area contributed by atoms with Gasteiger partial charge in [0.1, 0.15) is 5.69 Å². The van der Waals surface area contributed by atoms with E-state index >= 15 is 0 Å². The van der Waals surface area contributed by atoms with E-state index in [4.69, 9.17) is 4.52 Å². The van der Waals surface area contributed by atoms with E-state index in [0.717, 1.165) is 15.7 Å². The fourth-order valence-electron chi connectivity index (χ4n) is 2.86. The lowest BCUT2D eigenvalue weighted by molar-refractivity contribution is -0.146. The maximum Gasteiger partial charge on any atom is 0.449 e. The molecular formula is C19H14F3N3O. The molecule has 0 N–H and O–H groups in total. The molecular weight excluding hydrogens is 343 g/mol. The Balaban J connectivity index is 1.73. The Labute approximate surface area is 146 Å². The average Bonchev–Trinajstić information content (AvgIpc) is 3.21. The van der Waals surface area contributed by atoms with Crippen LogP contribution in [0, 0.1) is 6.92 Å². The average molecular weight is 357 g/mol. The summed E-state index contributed by atoms with van der Waals surface area (Å²) in [5.41, 5.74) is 3.22. The fourth-order valence-corrected chi connectivity index (χ4v) is 2.86. The van der Waals surface area contributed by atoms with Crippen LogP contribution in [0.4, 0.5) is 13.2 Å². The number of imidazole rings is 1. The summed E-state index contributed by atoms with van der Waals surface area (Å²) < 4.78 is 46.5. The minimum atomic E-state index is -4.56. The van der Waals surface area contributed by atoms with E-state index in [0.29, 0.717) is 17.0 Å². The molecule has 0 aliphatic carbocycles. The highest BCUT2D eigenvalue weighted by atomic mass is 19.4. The van der Waals surface area contributed by atoms with Gasteiger partial charge in [-0.15, -0.1) is 0 Å². The van der Waals surface area contributed by atoms with Crippen LogP contribution >= 0.6 is 0 Å². The minimum absolute atomic E-state index is 0.103. The number of fused-ring (bicyclic) bond motifs is 1. The number of halogens is 3. The Kier molecular flexibility index (Phi) is 3.79. The van der Waals surface area contributed by atoms with Crippen LogP contribution in [0.15, 0.2) is 59.1 Å². The largest absolute Gasteiger partial charge is 0.449 e. The van der Waals surface area contributed by atoms with Crippen molar-refractivity contribution in [1.29, 1.82) is 0 Å². The predicted octanol–water partition coefficient (Wildman–Crippen LogP) is 5.07. The van der Waals surface area contributed by atoms with Crippen LogP contribution in [0.2, 0.25) is 0 Å². The van der Waals surface area contributed by atoms with Gasteiger partial charge in [0.15, 0.2) is 5.76 Å². The van der Waals surface area contributed by atoms with E-state index in [-0.39, 0.29) is 12.1 Å². The number of nitrogens with zero attached hydrogens (tertiary/aromatic N) is 3. The zero-order valence-electron chi connectivity index (χ0n) is 13.8. The quantitative estimate of drug-likeness (QED) is 0.514. The summed E-state index contributed by atoms with van der Waals surface area (Å²) in [6.07, 6.45) is -4.56. The molecule has 0 aliphatic heterocycles. The van der Waals surface area contributed by atoms with Gasteiger partial charge in [0.05, 0.1) is 17.6 Å². The SMILES string of the molecule is Cc1ccc(-c2cc(Cn3c(C(F)(F)F)nc4ccccc43)on2)cc1. The number of benzene rings is 2. The molecule has 26 heavy (non-hydrogen) atoms. The van der Waals surface area contributed by atoms with Crippen LogP contribution in [0.5, 0.6) is 0 Å². The molecule has 0 radical (unpaired) electrons. The van der Waals surface area contributed by atoms with E-state index in [1.807, 2.05) is 31.2 Å². The van der Waals surface area contributed by atoms with Gasteiger partial charge < -0.3 is 9.09 Å². The molecule has 0 fully saturated rings. The smallest absolute Gasteiger partial charge is 0.359 e. The van der Waals surface area contributed by atoms with Gasteiger partial charge in [0, 0.05) is 11.6 Å². The van der Waals surface area contributed by atoms with Gasteiger partial charge in [-0.2, -0.15) is 13.2 Å². The molecule has 2 aromatic heterocycles. The lowest BCUT2D eigenvalue weighted by Crippen LogP contribution is -2.15. The lowest BCUT2D eigenvalue weighted by atomic mass is 10.1. The van der Waals surface area contributed by atoms with Crippen molar-refractivity contribution in [2.75, 3.05) is 0 Å². The topological polar surface area (TPSA) is 43.9 Å². The maximum absolute atomic E-state index is 13.4. The number of rotatable bonds is 3. The highest BCUT2D eigenvalue weighted by molar-refractivity contribution is 5.76. The lowest BCUT2D eigenvalue weighted by Gasteiger charge is -2.09. The molecule has 0 atom stereocenters.